The predicted molar refractivity (Wildman–Crippen MR) is 127 cm³/mol. The van der Waals surface area contributed by atoms with Crippen LogP contribution in [0.5, 0.6) is 0 Å². The highest BCUT2D eigenvalue weighted by Crippen LogP contribution is 2.23. The summed E-state index contributed by atoms with van der Waals surface area (Å²) in [5.41, 5.74) is 4.23. The number of benzene rings is 1. The summed E-state index contributed by atoms with van der Waals surface area (Å²) in [5.74, 6) is 0.0470. The lowest BCUT2D eigenvalue weighted by Gasteiger charge is -2.41. The second-order valence-electron chi connectivity index (χ2n) is 8.51. The second-order valence-corrected chi connectivity index (χ2v) is 8.51. The summed E-state index contributed by atoms with van der Waals surface area (Å²) in [4.78, 5) is 34.4. The highest BCUT2D eigenvalue weighted by atomic mass is 16.2. The highest BCUT2D eigenvalue weighted by molar-refractivity contribution is 5.89. The van der Waals surface area contributed by atoms with Gasteiger partial charge in [-0.25, -0.2) is 0 Å². The minimum Gasteiger partial charge on any atom is -0.339 e. The smallest absolute Gasteiger partial charge is 0.245 e. The lowest BCUT2D eigenvalue weighted by atomic mass is 9.97. The number of hydrogen-bond acceptors (Lipinski definition) is 4. The van der Waals surface area contributed by atoms with E-state index in [1.165, 1.54) is 0 Å². The van der Waals surface area contributed by atoms with Gasteiger partial charge in [-0.15, -0.1) is 0 Å². The third-order valence-electron chi connectivity index (χ3n) is 6.23. The third kappa shape index (κ3) is 5.30. The molecular formula is C26H31N5O2. The van der Waals surface area contributed by atoms with E-state index in [1.54, 1.807) is 23.5 Å². The number of carbonyl (C=O) groups is 2. The van der Waals surface area contributed by atoms with Gasteiger partial charge < -0.3 is 9.80 Å². The molecule has 2 amide bonds. The van der Waals surface area contributed by atoms with Crippen LogP contribution in [0.4, 0.5) is 0 Å². The van der Waals surface area contributed by atoms with Crippen LogP contribution >= 0.6 is 0 Å². The number of hydrogen-bond donors (Lipinski definition) is 0. The Kier molecular flexibility index (Phi) is 7.17. The van der Waals surface area contributed by atoms with Gasteiger partial charge in [-0.3, -0.25) is 19.3 Å². The Hall–Kier alpha value is -3.48. The van der Waals surface area contributed by atoms with Crippen molar-refractivity contribution in [2.24, 2.45) is 0 Å². The first-order valence-electron chi connectivity index (χ1n) is 11.6. The van der Waals surface area contributed by atoms with Crippen molar-refractivity contribution in [3.05, 3.63) is 72.3 Å². The quantitative estimate of drug-likeness (QED) is 0.533. The number of aromatic nitrogens is 3. The number of piperazine rings is 1. The van der Waals surface area contributed by atoms with E-state index in [9.17, 15) is 9.59 Å². The first-order chi connectivity index (χ1) is 16.1. The van der Waals surface area contributed by atoms with Gasteiger partial charge in [-0.05, 0) is 48.2 Å². The maximum Gasteiger partial charge on any atom is 0.245 e. The van der Waals surface area contributed by atoms with E-state index in [1.807, 2.05) is 46.8 Å². The van der Waals surface area contributed by atoms with Crippen molar-refractivity contribution in [1.29, 1.82) is 0 Å². The van der Waals surface area contributed by atoms with Gasteiger partial charge in [0, 0.05) is 63.3 Å². The molecule has 3 aromatic rings. The molecule has 33 heavy (non-hydrogen) atoms. The van der Waals surface area contributed by atoms with Gasteiger partial charge >= 0.3 is 0 Å². The van der Waals surface area contributed by atoms with Crippen LogP contribution in [0.2, 0.25) is 0 Å². The van der Waals surface area contributed by atoms with Crippen LogP contribution in [0.15, 0.2) is 61.1 Å². The average molecular weight is 446 g/mol. The summed E-state index contributed by atoms with van der Waals surface area (Å²) in [6.07, 6.45) is 7.03. The number of carbonyl (C=O) groups excluding carboxylic acids is 2. The average Bonchev–Trinajstić information content (AvgIpc) is 3.25. The first kappa shape index (κ1) is 22.7. The van der Waals surface area contributed by atoms with E-state index in [2.05, 4.69) is 29.1 Å². The van der Waals surface area contributed by atoms with Crippen LogP contribution in [0.3, 0.4) is 0 Å². The molecule has 1 aromatic carbocycles. The number of pyridine rings is 1. The Morgan fingerprint density at radius 1 is 1.03 bits per heavy atom. The van der Waals surface area contributed by atoms with Crippen LogP contribution in [-0.2, 0) is 22.6 Å². The molecule has 0 saturated carbocycles. The number of aryl methyl sites for hydroxylation is 2. The summed E-state index contributed by atoms with van der Waals surface area (Å²) >= 11 is 0. The number of nitrogens with zero attached hydrogens (tertiary/aromatic N) is 5. The number of amides is 2. The molecule has 1 unspecified atom stereocenters. The van der Waals surface area contributed by atoms with Crippen molar-refractivity contribution < 1.29 is 9.59 Å². The van der Waals surface area contributed by atoms with Crippen molar-refractivity contribution in [1.82, 2.24) is 24.6 Å². The van der Waals surface area contributed by atoms with E-state index in [0.717, 1.165) is 35.3 Å². The molecule has 0 radical (unpaired) electrons. The molecule has 1 fully saturated rings. The van der Waals surface area contributed by atoms with Gasteiger partial charge in [0.2, 0.25) is 11.8 Å². The Balaban J connectivity index is 1.54. The van der Waals surface area contributed by atoms with Gasteiger partial charge in [0.1, 0.15) is 6.04 Å². The highest BCUT2D eigenvalue weighted by Gasteiger charge is 2.36. The monoisotopic (exact) mass is 445 g/mol. The Morgan fingerprint density at radius 3 is 2.58 bits per heavy atom. The fourth-order valence-electron chi connectivity index (χ4n) is 4.45. The summed E-state index contributed by atoms with van der Waals surface area (Å²) in [6, 6.07) is 13.6. The summed E-state index contributed by atoms with van der Waals surface area (Å²) in [6.45, 7) is 6.45. The molecule has 2 aromatic heterocycles. The van der Waals surface area contributed by atoms with E-state index >= 15 is 0 Å². The Labute approximate surface area is 195 Å². The molecular weight excluding hydrogens is 414 g/mol. The molecule has 4 rings (SSSR count). The zero-order chi connectivity index (χ0) is 23.2. The van der Waals surface area contributed by atoms with Crippen molar-refractivity contribution in [3.8, 4) is 11.1 Å². The molecule has 1 aliphatic rings. The zero-order valence-corrected chi connectivity index (χ0v) is 19.4. The van der Waals surface area contributed by atoms with Gasteiger partial charge in [0.25, 0.3) is 0 Å². The van der Waals surface area contributed by atoms with Gasteiger partial charge in [0.15, 0.2) is 0 Å². The summed E-state index contributed by atoms with van der Waals surface area (Å²) < 4.78 is 1.83. The molecule has 7 heteroatoms. The molecule has 0 aliphatic carbocycles. The molecule has 1 saturated heterocycles. The molecule has 172 valence electrons. The number of rotatable bonds is 8. The normalized spacial score (nSPS) is 16.3. The summed E-state index contributed by atoms with van der Waals surface area (Å²) in [5, 5.41) is 4.28. The summed E-state index contributed by atoms with van der Waals surface area (Å²) in [7, 11) is 0. The fourth-order valence-corrected chi connectivity index (χ4v) is 4.45. The minimum absolute atomic E-state index is 0.00434. The Bertz CT molecular complexity index is 1090. The minimum atomic E-state index is -0.482. The zero-order valence-electron chi connectivity index (χ0n) is 19.4. The maximum absolute atomic E-state index is 13.4. The SMILES string of the molecule is CCCN1CCN(C(=O)CCn2nccc2C)C(Cc2cccc(-c3ccncc3)c2)C1=O. The molecule has 0 bridgehead atoms. The van der Waals surface area contributed by atoms with Crippen molar-refractivity contribution in [2.45, 2.75) is 45.7 Å². The van der Waals surface area contributed by atoms with E-state index < -0.39 is 6.04 Å². The fraction of sp³-hybridized carbons (Fsp3) is 0.385. The van der Waals surface area contributed by atoms with Gasteiger partial charge in [-0.2, -0.15) is 5.10 Å². The Morgan fingerprint density at radius 2 is 1.85 bits per heavy atom. The van der Waals surface area contributed by atoms with Gasteiger partial charge in [-0.1, -0.05) is 31.2 Å². The van der Waals surface area contributed by atoms with E-state index in [4.69, 9.17) is 0 Å². The predicted octanol–water partition coefficient (Wildman–Crippen LogP) is 3.34. The van der Waals surface area contributed by atoms with Gasteiger partial charge in [0.05, 0.1) is 0 Å². The molecule has 0 spiro atoms. The maximum atomic E-state index is 13.4. The first-order valence-corrected chi connectivity index (χ1v) is 11.6. The standard InChI is InChI=1S/C26H31N5O2/c1-3-14-29-16-17-30(25(32)10-15-31-20(2)7-13-28-31)24(26(29)33)19-21-5-4-6-23(18-21)22-8-11-27-12-9-22/h4-9,11-13,18,24H,3,10,14-17,19H2,1-2H3. The van der Waals surface area contributed by atoms with Crippen LogP contribution < -0.4 is 0 Å². The van der Waals surface area contributed by atoms with Crippen LogP contribution in [-0.4, -0.2) is 62.1 Å². The second kappa shape index (κ2) is 10.4. The molecule has 0 N–H and O–H groups in total. The molecule has 7 nitrogen and oxygen atoms in total. The van der Waals surface area contributed by atoms with Crippen LogP contribution in [0.25, 0.3) is 11.1 Å². The molecule has 1 atom stereocenters. The van der Waals surface area contributed by atoms with Crippen molar-refractivity contribution >= 4 is 11.8 Å². The molecule has 3 heterocycles. The van der Waals surface area contributed by atoms with Crippen molar-refractivity contribution in [3.63, 3.8) is 0 Å². The third-order valence-corrected chi connectivity index (χ3v) is 6.23. The lowest BCUT2D eigenvalue weighted by Crippen LogP contribution is -2.59. The lowest BCUT2D eigenvalue weighted by molar-refractivity contribution is -0.151. The molecule has 1 aliphatic heterocycles. The van der Waals surface area contributed by atoms with Crippen LogP contribution in [0.1, 0.15) is 31.0 Å². The topological polar surface area (TPSA) is 71.3 Å². The van der Waals surface area contributed by atoms with E-state index in [-0.39, 0.29) is 11.8 Å². The van der Waals surface area contributed by atoms with E-state index in [0.29, 0.717) is 32.5 Å². The van der Waals surface area contributed by atoms with Crippen molar-refractivity contribution in [2.75, 3.05) is 19.6 Å². The van der Waals surface area contributed by atoms with Crippen LogP contribution in [0, 0.1) is 6.92 Å². The largest absolute Gasteiger partial charge is 0.339 e.